The summed E-state index contributed by atoms with van der Waals surface area (Å²) >= 11 is 0. The number of rotatable bonds is 28. The summed E-state index contributed by atoms with van der Waals surface area (Å²) in [7, 11) is -23.2. The minimum Gasteiger partial charge on any atom is -0.456 e. The van der Waals surface area contributed by atoms with Gasteiger partial charge in [-0.25, -0.2) is 23.1 Å². The fourth-order valence-electron chi connectivity index (χ4n) is 5.79. The lowest BCUT2D eigenvalue weighted by atomic mass is 9.85. The summed E-state index contributed by atoms with van der Waals surface area (Å²) in [5, 5.41) is 21.7. The highest BCUT2D eigenvalue weighted by Crippen LogP contribution is 2.53. The molecule has 0 aromatic rings. The lowest BCUT2D eigenvalue weighted by Crippen LogP contribution is -2.65. The van der Waals surface area contributed by atoms with E-state index in [1.54, 1.807) is 6.92 Å². The van der Waals surface area contributed by atoms with Crippen LogP contribution in [0.15, 0.2) is 0 Å². The SMILES string of the molecule is CC#CC#CC#CC#CC#CC#CC#CC(=O)OC[C@H](COP(=O)(O)OC1C(O)[C@H](OP(=O)(O)O)C(OP(=O)(O)O)C(OP(=O)(O)O)[C@@H]1O)OC(=O)CCCCCCCCCCCCCCC.N.[HH].[HH].[HH].[HH].[HH].[HH].[HH].[HH].[HH].[HH].[HH].[HH].[HH]. The van der Waals surface area contributed by atoms with Crippen LogP contribution in [0.4, 0.5) is 0 Å². The predicted molar refractivity (Wildman–Crippen MR) is 267 cm³/mol. The van der Waals surface area contributed by atoms with E-state index in [0.717, 1.165) is 32.1 Å². The lowest BCUT2D eigenvalue weighted by Gasteiger charge is -2.45. The Bertz CT molecular complexity index is 2280. The molecule has 0 aliphatic heterocycles. The highest BCUT2D eigenvalue weighted by Gasteiger charge is 2.59. The number of carbonyl (C=O) groups is 2. The van der Waals surface area contributed by atoms with Gasteiger partial charge in [-0.3, -0.25) is 27.4 Å². The van der Waals surface area contributed by atoms with Crippen LogP contribution in [0.25, 0.3) is 0 Å². The van der Waals surface area contributed by atoms with Gasteiger partial charge in [-0.1, -0.05) is 89.9 Å². The van der Waals surface area contributed by atoms with Crippen LogP contribution in [-0.4, -0.2) is 112 Å². The summed E-state index contributed by atoms with van der Waals surface area (Å²) in [6, 6.07) is 0. The lowest BCUT2D eigenvalue weighted by molar-refractivity contribution is -0.209. The van der Waals surface area contributed by atoms with Crippen molar-refractivity contribution < 1.29 is 123 Å². The van der Waals surface area contributed by atoms with Crippen LogP contribution in [-0.2, 0) is 59.9 Å². The Morgan fingerprint density at radius 1 is 0.529 bits per heavy atom. The van der Waals surface area contributed by atoms with Gasteiger partial charge in [0.1, 0.15) is 43.2 Å². The molecule has 1 rings (SSSR count). The Morgan fingerprint density at radius 3 is 1.32 bits per heavy atom. The number of esters is 2. The molecule has 5 unspecified atom stereocenters. The van der Waals surface area contributed by atoms with E-state index in [0.29, 0.717) is 12.8 Å². The molecule has 1 saturated carbocycles. The van der Waals surface area contributed by atoms with Crippen molar-refractivity contribution in [1.29, 1.82) is 0 Å². The van der Waals surface area contributed by atoms with Gasteiger partial charge in [-0.05, 0) is 84.4 Å². The number of aliphatic hydroxyl groups excluding tert-OH is 2. The van der Waals surface area contributed by atoms with Crippen molar-refractivity contribution in [2.75, 3.05) is 13.2 Å². The van der Waals surface area contributed by atoms with Crippen LogP contribution >= 0.6 is 31.3 Å². The number of aliphatic hydroxyl groups is 2. The Labute approximate surface area is 414 Å². The second kappa shape index (κ2) is 34.5. The number of phosphoric acid groups is 4. The van der Waals surface area contributed by atoms with Gasteiger partial charge < -0.3 is 60.1 Å². The molecule has 8 atom stereocenters. The quantitative estimate of drug-likeness (QED) is 0.0141. The third-order valence-electron chi connectivity index (χ3n) is 8.61. The molecule has 1 fully saturated rings. The van der Waals surface area contributed by atoms with Crippen molar-refractivity contribution in [2.24, 2.45) is 0 Å². The molecule has 0 radical (unpaired) electrons. The number of ether oxygens (including phenoxy) is 2. The molecule has 0 aromatic carbocycles. The van der Waals surface area contributed by atoms with Crippen LogP contribution in [0.3, 0.4) is 0 Å². The number of phosphoric ester groups is 4. The summed E-state index contributed by atoms with van der Waals surface area (Å²) in [5.41, 5.74) is 0. The zero-order chi connectivity index (χ0) is 50.4. The smallest absolute Gasteiger partial charge is 0.456 e. The molecule has 68 heavy (non-hydrogen) atoms. The Balaban J connectivity index is -0.000000267. The zero-order valence-electron chi connectivity index (χ0n) is 37.2. The van der Waals surface area contributed by atoms with Crippen molar-refractivity contribution in [3.63, 3.8) is 0 Å². The molecule has 1 aliphatic carbocycles. The topological polar surface area (TPSA) is 384 Å². The van der Waals surface area contributed by atoms with E-state index < -0.39 is 99.2 Å². The van der Waals surface area contributed by atoms with Gasteiger partial charge in [-0.2, -0.15) is 0 Å². The van der Waals surface area contributed by atoms with Gasteiger partial charge in [0.15, 0.2) is 6.10 Å². The van der Waals surface area contributed by atoms with E-state index >= 15 is 0 Å². The molecule has 0 bridgehead atoms. The fraction of sp³-hybridized carbons (Fsp3) is 0.610. The van der Waals surface area contributed by atoms with E-state index in [1.165, 1.54) is 38.5 Å². The van der Waals surface area contributed by atoms with E-state index in [-0.39, 0.29) is 31.1 Å². The maximum absolute atomic E-state index is 13.2. The zero-order valence-corrected chi connectivity index (χ0v) is 40.8. The molecule has 1 aliphatic rings. The van der Waals surface area contributed by atoms with Crippen molar-refractivity contribution in [2.45, 2.75) is 146 Å². The van der Waals surface area contributed by atoms with Crippen LogP contribution in [0.1, 0.15) is 122 Å². The first-order valence-electron chi connectivity index (χ1n) is 20.5. The fourth-order valence-corrected chi connectivity index (χ4v) is 8.44. The van der Waals surface area contributed by atoms with E-state index in [1.807, 2.05) is 5.92 Å². The summed E-state index contributed by atoms with van der Waals surface area (Å²) in [4.78, 5) is 92.0. The first kappa shape index (κ1) is 64.2. The molecule has 23 nitrogen and oxygen atoms in total. The van der Waals surface area contributed by atoms with Gasteiger partial charge >= 0.3 is 43.2 Å². The molecule has 0 heterocycles. The summed E-state index contributed by atoms with van der Waals surface area (Å²) in [6.07, 6.45) is -5.05. The van der Waals surface area contributed by atoms with Gasteiger partial charge in [0.25, 0.3) is 0 Å². The van der Waals surface area contributed by atoms with Crippen LogP contribution in [0.5, 0.6) is 0 Å². The van der Waals surface area contributed by atoms with E-state index in [9.17, 15) is 72.3 Å². The van der Waals surface area contributed by atoms with Gasteiger partial charge in [0.05, 0.1) is 6.61 Å². The summed E-state index contributed by atoms with van der Waals surface area (Å²) in [6.45, 7) is 1.80. The largest absolute Gasteiger partial charge is 0.472 e. The summed E-state index contributed by atoms with van der Waals surface area (Å²) < 4.78 is 81.1. The van der Waals surface area contributed by atoms with Crippen LogP contribution < -0.4 is 6.15 Å². The molecule has 404 valence electrons. The van der Waals surface area contributed by atoms with Gasteiger partial charge in [0, 0.05) is 30.9 Å². The minimum atomic E-state index is -5.82. The van der Waals surface area contributed by atoms with Crippen molar-refractivity contribution in [1.82, 2.24) is 6.15 Å². The molecule has 12 N–H and O–H groups in total. The second-order valence-corrected chi connectivity index (χ2v) is 19.1. The van der Waals surface area contributed by atoms with Crippen LogP contribution in [0.2, 0.25) is 0 Å². The first-order valence-corrected chi connectivity index (χ1v) is 26.6. The second-order valence-electron chi connectivity index (χ2n) is 14.1. The predicted octanol–water partition coefficient (Wildman–Crippen LogP) is 6.00. The van der Waals surface area contributed by atoms with Crippen molar-refractivity contribution in [3.05, 3.63) is 0 Å². The third kappa shape index (κ3) is 32.1. The molecule has 0 aromatic heterocycles. The Hall–Kier alpha value is -3.82. The highest BCUT2D eigenvalue weighted by atomic mass is 31.2. The monoisotopic (exact) mass is 1070 g/mol. The average Bonchev–Trinajstić information content (AvgIpc) is 3.22. The summed E-state index contributed by atoms with van der Waals surface area (Å²) in [5.74, 6) is 30.9. The Kier molecular flexibility index (Phi) is 32.5. The minimum absolute atomic E-state index is 0. The number of hydrogen-bond acceptors (Lipinski definition) is 16. The molecule has 0 saturated heterocycles. The standard InChI is InChI=1S/C41H54O22P4.H3N.13H2/c1-3-5-7-9-11-13-15-17-19-21-23-25-27-29-34(42)57-31-33(59-35(43)30-28-26-24-22-20-18-16-14-12-10-8-6-4-2)32-58-67(55,56)63-38-36(44)39(60-64(46,47)48)41(62-66(52,53)54)40(37(38)45)61-65(49,50)51;;;;;;;;;;;;;;/h33,36-41,44-45H,4,6,8,10,12,14,16,18,20,22,24,26,28,30-32H2,1-2H3,(H,55,56)(H2,46,47,48)(H2,49,50,51)(H2,52,53,54);1H3;13*1H/t33-,36-,37?,38?,39?,40+,41?;;;;;;;;;;;;;;/m1............../s1. The number of carbonyl (C=O) groups excluding carboxylic acids is 2. The van der Waals surface area contributed by atoms with Crippen molar-refractivity contribution >= 4 is 43.2 Å². The average molecular weight is 1070 g/mol. The molecule has 0 spiro atoms. The number of unbranched alkanes of at least 4 members (excludes halogenated alkanes) is 12. The van der Waals surface area contributed by atoms with E-state index in [2.05, 4.69) is 97.5 Å². The molecule has 0 amide bonds. The maximum Gasteiger partial charge on any atom is 0.472 e. The normalized spacial score (nSPS) is 19.8. The molecular formula is C41H83NO22P4. The maximum atomic E-state index is 13.2. The molecular weight excluding hydrogens is 982 g/mol. The first-order chi connectivity index (χ1) is 31.5. The van der Waals surface area contributed by atoms with Crippen LogP contribution in [0, 0.1) is 82.9 Å². The Morgan fingerprint density at radius 2 is 0.912 bits per heavy atom. The highest BCUT2D eigenvalue weighted by molar-refractivity contribution is 7.47. The van der Waals surface area contributed by atoms with Crippen molar-refractivity contribution in [3.8, 4) is 82.9 Å². The van der Waals surface area contributed by atoms with Gasteiger partial charge in [-0.15, -0.1) is 0 Å². The van der Waals surface area contributed by atoms with Gasteiger partial charge in [0.2, 0.25) is 0 Å². The number of hydrogen-bond donors (Lipinski definition) is 10. The molecule has 27 heteroatoms. The van der Waals surface area contributed by atoms with E-state index in [4.69, 9.17) is 18.5 Å². The third-order valence-corrected chi connectivity index (χ3v) is 11.1.